The van der Waals surface area contributed by atoms with E-state index in [9.17, 15) is 9.59 Å². The van der Waals surface area contributed by atoms with Crippen LogP contribution in [0.25, 0.3) is 0 Å². The van der Waals surface area contributed by atoms with Crippen molar-refractivity contribution in [1.29, 1.82) is 0 Å². The summed E-state index contributed by atoms with van der Waals surface area (Å²) >= 11 is 0. The second-order valence-corrected chi connectivity index (χ2v) is 6.54. The number of hydrogen-bond donors (Lipinski definition) is 2. The Labute approximate surface area is 169 Å². The van der Waals surface area contributed by atoms with Crippen LogP contribution >= 0.6 is 0 Å². The second-order valence-electron chi connectivity index (χ2n) is 6.54. The first kappa shape index (κ1) is 20.3. The highest BCUT2D eigenvalue weighted by atomic mass is 16.5. The third-order valence-corrected chi connectivity index (χ3v) is 4.37. The molecule has 2 N–H and O–H groups in total. The standard InChI is InChI=1S/C21H24N2O6/c1-26-17-10-15(11-18(27-2)20(17)28-3)22-19(24)12-29-16-6-4-5-14(9-16)23-21(25)13-7-8-13/h4-6,9-11,13H,7-8,12H2,1-3H3,(H,22,24)(H,23,25). The van der Waals surface area contributed by atoms with Gasteiger partial charge in [0.25, 0.3) is 5.91 Å². The van der Waals surface area contributed by atoms with Crippen molar-refractivity contribution in [1.82, 2.24) is 0 Å². The molecule has 0 unspecified atom stereocenters. The monoisotopic (exact) mass is 400 g/mol. The first-order valence-corrected chi connectivity index (χ1v) is 9.17. The highest BCUT2D eigenvalue weighted by Crippen LogP contribution is 2.39. The summed E-state index contributed by atoms with van der Waals surface area (Å²) in [5.41, 5.74) is 1.13. The molecule has 0 atom stereocenters. The molecular formula is C21H24N2O6. The smallest absolute Gasteiger partial charge is 0.262 e. The summed E-state index contributed by atoms with van der Waals surface area (Å²) in [6, 6.07) is 10.2. The van der Waals surface area contributed by atoms with Crippen molar-refractivity contribution in [3.63, 3.8) is 0 Å². The molecule has 1 aliphatic rings. The van der Waals surface area contributed by atoms with Gasteiger partial charge in [0.1, 0.15) is 5.75 Å². The number of carbonyl (C=O) groups is 2. The van der Waals surface area contributed by atoms with Gasteiger partial charge in [-0.05, 0) is 25.0 Å². The average Bonchev–Trinajstić information content (AvgIpc) is 3.57. The number of benzene rings is 2. The molecular weight excluding hydrogens is 376 g/mol. The maximum atomic E-state index is 12.3. The molecule has 1 fully saturated rings. The van der Waals surface area contributed by atoms with E-state index >= 15 is 0 Å². The van der Waals surface area contributed by atoms with Gasteiger partial charge in [-0.2, -0.15) is 0 Å². The maximum absolute atomic E-state index is 12.3. The molecule has 0 spiro atoms. The summed E-state index contributed by atoms with van der Waals surface area (Å²) in [7, 11) is 4.51. The topological polar surface area (TPSA) is 95.1 Å². The van der Waals surface area contributed by atoms with Gasteiger partial charge in [0.05, 0.1) is 21.3 Å². The van der Waals surface area contributed by atoms with Gasteiger partial charge in [0.2, 0.25) is 11.7 Å². The fourth-order valence-electron chi connectivity index (χ4n) is 2.75. The lowest BCUT2D eigenvalue weighted by atomic mass is 10.2. The van der Waals surface area contributed by atoms with Crippen LogP contribution in [0.15, 0.2) is 36.4 Å². The number of carbonyl (C=O) groups excluding carboxylic acids is 2. The Balaban J connectivity index is 1.59. The van der Waals surface area contributed by atoms with E-state index in [4.69, 9.17) is 18.9 Å². The summed E-state index contributed by atoms with van der Waals surface area (Å²) in [6.45, 7) is -0.198. The largest absolute Gasteiger partial charge is 0.493 e. The predicted molar refractivity (Wildman–Crippen MR) is 108 cm³/mol. The summed E-state index contributed by atoms with van der Waals surface area (Å²) in [5, 5.41) is 5.58. The minimum absolute atomic E-state index is 0.0160. The van der Waals surface area contributed by atoms with Crippen LogP contribution in [-0.2, 0) is 9.59 Å². The Morgan fingerprint density at radius 3 is 2.21 bits per heavy atom. The fourth-order valence-corrected chi connectivity index (χ4v) is 2.75. The fraction of sp³-hybridized carbons (Fsp3) is 0.333. The van der Waals surface area contributed by atoms with Gasteiger partial charge in [-0.1, -0.05) is 6.07 Å². The van der Waals surface area contributed by atoms with Gasteiger partial charge in [-0.15, -0.1) is 0 Å². The van der Waals surface area contributed by atoms with Crippen molar-refractivity contribution in [2.45, 2.75) is 12.8 Å². The van der Waals surface area contributed by atoms with Crippen molar-refractivity contribution in [2.75, 3.05) is 38.6 Å². The molecule has 2 aromatic carbocycles. The molecule has 0 heterocycles. The van der Waals surface area contributed by atoms with Gasteiger partial charge in [0, 0.05) is 35.5 Å². The van der Waals surface area contributed by atoms with Crippen LogP contribution in [0.3, 0.4) is 0 Å². The number of hydrogen-bond acceptors (Lipinski definition) is 6. The minimum atomic E-state index is -0.355. The SMILES string of the molecule is COc1cc(NC(=O)COc2cccc(NC(=O)C3CC3)c2)cc(OC)c1OC. The van der Waals surface area contributed by atoms with Crippen molar-refractivity contribution >= 4 is 23.2 Å². The molecule has 29 heavy (non-hydrogen) atoms. The number of amides is 2. The number of methoxy groups -OCH3 is 3. The molecule has 0 bridgehead atoms. The molecule has 0 radical (unpaired) electrons. The Hall–Kier alpha value is -3.42. The second kappa shape index (κ2) is 9.18. The van der Waals surface area contributed by atoms with Crippen molar-refractivity contribution in [3.05, 3.63) is 36.4 Å². The molecule has 0 saturated heterocycles. The molecule has 0 aromatic heterocycles. The Kier molecular flexibility index (Phi) is 6.43. The van der Waals surface area contributed by atoms with E-state index in [0.29, 0.717) is 34.4 Å². The quantitative estimate of drug-likeness (QED) is 0.672. The lowest BCUT2D eigenvalue weighted by Gasteiger charge is -2.15. The first-order chi connectivity index (χ1) is 14.0. The van der Waals surface area contributed by atoms with Gasteiger partial charge < -0.3 is 29.6 Å². The van der Waals surface area contributed by atoms with Crippen LogP contribution in [0.1, 0.15) is 12.8 Å². The summed E-state index contributed by atoms with van der Waals surface area (Å²) in [6.07, 6.45) is 1.87. The zero-order valence-corrected chi connectivity index (χ0v) is 16.6. The molecule has 1 saturated carbocycles. The highest BCUT2D eigenvalue weighted by Gasteiger charge is 2.29. The normalized spacial score (nSPS) is 12.7. The van der Waals surface area contributed by atoms with Gasteiger partial charge >= 0.3 is 0 Å². The van der Waals surface area contributed by atoms with Crippen molar-refractivity contribution < 1.29 is 28.5 Å². The molecule has 2 amide bonds. The molecule has 1 aliphatic carbocycles. The number of nitrogens with one attached hydrogen (secondary N) is 2. The van der Waals surface area contributed by atoms with E-state index in [2.05, 4.69) is 10.6 Å². The van der Waals surface area contributed by atoms with Crippen LogP contribution in [0.5, 0.6) is 23.0 Å². The summed E-state index contributed by atoms with van der Waals surface area (Å²) in [5.74, 6) is 1.56. The van der Waals surface area contributed by atoms with Crippen LogP contribution in [-0.4, -0.2) is 39.8 Å². The zero-order valence-electron chi connectivity index (χ0n) is 16.6. The van der Waals surface area contributed by atoms with E-state index < -0.39 is 0 Å². The molecule has 0 aliphatic heterocycles. The van der Waals surface area contributed by atoms with Crippen molar-refractivity contribution in [2.24, 2.45) is 5.92 Å². The lowest BCUT2D eigenvalue weighted by molar-refractivity contribution is -0.118. The molecule has 8 heteroatoms. The first-order valence-electron chi connectivity index (χ1n) is 9.17. The Morgan fingerprint density at radius 2 is 1.62 bits per heavy atom. The average molecular weight is 400 g/mol. The summed E-state index contributed by atoms with van der Waals surface area (Å²) in [4.78, 5) is 24.1. The van der Waals surface area contributed by atoms with Crippen LogP contribution in [0.2, 0.25) is 0 Å². The van der Waals surface area contributed by atoms with Crippen LogP contribution in [0, 0.1) is 5.92 Å². The predicted octanol–water partition coefficient (Wildman–Crippen LogP) is 3.08. The number of ether oxygens (including phenoxy) is 4. The van der Waals surface area contributed by atoms with E-state index in [1.54, 1.807) is 36.4 Å². The number of anilines is 2. The van der Waals surface area contributed by atoms with E-state index in [0.717, 1.165) is 12.8 Å². The van der Waals surface area contributed by atoms with Gasteiger partial charge in [-0.25, -0.2) is 0 Å². The van der Waals surface area contributed by atoms with Crippen LogP contribution < -0.4 is 29.6 Å². The third kappa shape index (κ3) is 5.31. The lowest BCUT2D eigenvalue weighted by Crippen LogP contribution is -2.20. The summed E-state index contributed by atoms with van der Waals surface area (Å²) < 4.78 is 21.4. The number of rotatable bonds is 9. The Bertz CT molecular complexity index is 869. The van der Waals surface area contributed by atoms with Crippen molar-refractivity contribution in [3.8, 4) is 23.0 Å². The molecule has 154 valence electrons. The zero-order chi connectivity index (χ0) is 20.8. The minimum Gasteiger partial charge on any atom is -0.493 e. The van der Waals surface area contributed by atoms with E-state index in [1.807, 2.05) is 0 Å². The van der Waals surface area contributed by atoms with E-state index in [-0.39, 0.29) is 24.3 Å². The highest BCUT2D eigenvalue weighted by molar-refractivity contribution is 5.94. The van der Waals surface area contributed by atoms with Gasteiger partial charge in [-0.3, -0.25) is 9.59 Å². The van der Waals surface area contributed by atoms with Gasteiger partial charge in [0.15, 0.2) is 18.1 Å². The Morgan fingerprint density at radius 1 is 0.931 bits per heavy atom. The van der Waals surface area contributed by atoms with E-state index in [1.165, 1.54) is 21.3 Å². The maximum Gasteiger partial charge on any atom is 0.262 e. The third-order valence-electron chi connectivity index (χ3n) is 4.37. The molecule has 2 aromatic rings. The molecule has 8 nitrogen and oxygen atoms in total. The van der Waals surface area contributed by atoms with Crippen LogP contribution in [0.4, 0.5) is 11.4 Å². The molecule has 3 rings (SSSR count).